The molecular formula is C37H39N7O2. The maximum atomic E-state index is 12.8. The Morgan fingerprint density at radius 2 is 1.20 bits per heavy atom. The number of rotatable bonds is 5. The number of likely N-dealkylation sites (tertiary alicyclic amines) is 2. The number of carbonyl (C=O) groups excluding carboxylic acids is 2. The van der Waals surface area contributed by atoms with Crippen molar-refractivity contribution in [3.63, 3.8) is 0 Å². The lowest BCUT2D eigenvalue weighted by Crippen LogP contribution is -2.45. The van der Waals surface area contributed by atoms with Crippen molar-refractivity contribution >= 4 is 34.0 Å². The van der Waals surface area contributed by atoms with E-state index in [1.54, 1.807) is 7.05 Å². The molecule has 46 heavy (non-hydrogen) atoms. The minimum atomic E-state index is -0.0127. The molecule has 9 heteroatoms. The van der Waals surface area contributed by atoms with Crippen LogP contribution in [0.3, 0.4) is 0 Å². The Labute approximate surface area is 267 Å². The highest BCUT2D eigenvalue weighted by molar-refractivity contribution is 5.85. The zero-order valence-corrected chi connectivity index (χ0v) is 26.3. The Bertz CT molecular complexity index is 1850. The fourth-order valence-corrected chi connectivity index (χ4v) is 9.20. The van der Waals surface area contributed by atoms with Crippen molar-refractivity contribution in [1.29, 1.82) is 0 Å². The molecular weight excluding hydrogens is 574 g/mol. The number of amides is 3. The van der Waals surface area contributed by atoms with Crippen molar-refractivity contribution in [3.8, 4) is 22.3 Å². The van der Waals surface area contributed by atoms with E-state index < -0.39 is 0 Å². The molecule has 3 N–H and O–H groups in total. The molecule has 0 spiro atoms. The van der Waals surface area contributed by atoms with Crippen LogP contribution >= 0.6 is 0 Å². The van der Waals surface area contributed by atoms with Gasteiger partial charge in [0.2, 0.25) is 5.91 Å². The number of aromatic nitrogens is 4. The van der Waals surface area contributed by atoms with Crippen LogP contribution in [0.1, 0.15) is 75.6 Å². The lowest BCUT2D eigenvalue weighted by molar-refractivity contribution is -0.135. The predicted octanol–water partition coefficient (Wildman–Crippen LogP) is 7.10. The first-order chi connectivity index (χ1) is 22.5. The Kier molecular flexibility index (Phi) is 6.27. The van der Waals surface area contributed by atoms with Crippen molar-refractivity contribution in [2.24, 2.45) is 11.8 Å². The highest BCUT2D eigenvalue weighted by atomic mass is 16.2. The van der Waals surface area contributed by atoms with E-state index in [-0.39, 0.29) is 24.0 Å². The van der Waals surface area contributed by atoms with Gasteiger partial charge in [-0.25, -0.2) is 14.8 Å². The van der Waals surface area contributed by atoms with Crippen LogP contribution in [-0.4, -0.2) is 60.8 Å². The molecule has 4 fully saturated rings. The van der Waals surface area contributed by atoms with E-state index in [1.165, 1.54) is 6.42 Å². The molecule has 4 heterocycles. The standard InChI is InChI=1S/C37H39N7O2/c1-3-32(45)43-26-12-8-24(16-26)33(43)35-39-28-14-10-22(18-30(28)41-35)20-4-6-21(7-5-20)23-11-15-29-31(19-23)42-36(40-29)34-25-9-13-27(17-25)44(34)37(46)38-2/h4-7,10-11,14-15,18-19,24-27,33-34H,3,8-9,12-13,16-17H2,1-2H3,(H,38,46)(H,39,41)(H,40,42). The van der Waals surface area contributed by atoms with E-state index in [0.29, 0.717) is 30.3 Å². The third kappa shape index (κ3) is 4.20. The van der Waals surface area contributed by atoms with E-state index in [1.807, 2.05) is 11.8 Å². The number of aromatic amines is 2. The molecule has 2 aliphatic heterocycles. The molecule has 4 bridgehead atoms. The molecule has 2 saturated carbocycles. The van der Waals surface area contributed by atoms with E-state index >= 15 is 0 Å². The van der Waals surface area contributed by atoms with Crippen molar-refractivity contribution in [1.82, 2.24) is 35.1 Å². The smallest absolute Gasteiger partial charge is 0.318 e. The first kappa shape index (κ1) is 27.6. The summed E-state index contributed by atoms with van der Waals surface area (Å²) in [4.78, 5) is 46.8. The first-order valence-electron chi connectivity index (χ1n) is 16.9. The second-order valence-electron chi connectivity index (χ2n) is 13.7. The number of nitrogens with one attached hydrogen (secondary N) is 3. The van der Waals surface area contributed by atoms with Gasteiger partial charge in [-0.3, -0.25) is 4.79 Å². The van der Waals surface area contributed by atoms with Gasteiger partial charge in [-0.15, -0.1) is 0 Å². The van der Waals surface area contributed by atoms with Crippen molar-refractivity contribution in [2.45, 2.75) is 76.0 Å². The minimum Gasteiger partial charge on any atom is -0.341 e. The highest BCUT2D eigenvalue weighted by Crippen LogP contribution is 2.51. The third-order valence-corrected chi connectivity index (χ3v) is 11.3. The summed E-state index contributed by atoms with van der Waals surface area (Å²) in [7, 11) is 1.71. The van der Waals surface area contributed by atoms with E-state index in [9.17, 15) is 9.59 Å². The maximum Gasteiger partial charge on any atom is 0.318 e. The van der Waals surface area contributed by atoms with Crippen molar-refractivity contribution in [3.05, 3.63) is 72.3 Å². The van der Waals surface area contributed by atoms with Crippen LogP contribution < -0.4 is 5.32 Å². The molecule has 6 atom stereocenters. The summed E-state index contributed by atoms with van der Waals surface area (Å²) in [5.41, 5.74) is 8.39. The average Bonchev–Trinajstić information content (AvgIpc) is 3.94. The van der Waals surface area contributed by atoms with Gasteiger partial charge in [0.25, 0.3) is 0 Å². The molecule has 3 amide bonds. The van der Waals surface area contributed by atoms with Gasteiger partial charge >= 0.3 is 6.03 Å². The van der Waals surface area contributed by atoms with Gasteiger partial charge < -0.3 is 25.1 Å². The van der Waals surface area contributed by atoms with Gasteiger partial charge in [0.1, 0.15) is 11.6 Å². The summed E-state index contributed by atoms with van der Waals surface area (Å²) in [5.74, 6) is 3.01. The van der Waals surface area contributed by atoms with E-state index in [0.717, 1.165) is 88.1 Å². The molecule has 0 radical (unpaired) electrons. The van der Waals surface area contributed by atoms with Crippen LogP contribution in [-0.2, 0) is 4.79 Å². The zero-order chi connectivity index (χ0) is 31.1. The summed E-state index contributed by atoms with van der Waals surface area (Å²) in [5, 5.41) is 2.83. The van der Waals surface area contributed by atoms with E-state index in [2.05, 4.69) is 80.8 Å². The number of imidazole rings is 2. The number of urea groups is 1. The molecule has 3 aromatic carbocycles. The Morgan fingerprint density at radius 3 is 1.70 bits per heavy atom. The second kappa shape index (κ2) is 10.4. The lowest BCUT2D eigenvalue weighted by atomic mass is 9.98. The van der Waals surface area contributed by atoms with Crippen molar-refractivity contribution < 1.29 is 9.59 Å². The lowest BCUT2D eigenvalue weighted by Gasteiger charge is -2.34. The van der Waals surface area contributed by atoms with Gasteiger partial charge in [-0.05, 0) is 96.9 Å². The molecule has 234 valence electrons. The number of hydrogen-bond acceptors (Lipinski definition) is 4. The Hall–Kier alpha value is -4.66. The van der Waals surface area contributed by atoms with Crippen molar-refractivity contribution in [2.75, 3.05) is 7.05 Å². The second-order valence-corrected chi connectivity index (χ2v) is 13.7. The van der Waals surface area contributed by atoms with Gasteiger partial charge in [-0.1, -0.05) is 43.3 Å². The van der Waals surface area contributed by atoms with Gasteiger partial charge in [0.05, 0.1) is 34.2 Å². The summed E-state index contributed by atoms with van der Waals surface area (Å²) in [6.07, 6.45) is 7.19. The van der Waals surface area contributed by atoms with Crippen LogP contribution in [0.2, 0.25) is 0 Å². The van der Waals surface area contributed by atoms with E-state index in [4.69, 9.17) is 9.97 Å². The quantitative estimate of drug-likeness (QED) is 0.196. The van der Waals surface area contributed by atoms with Crippen LogP contribution in [0.15, 0.2) is 60.7 Å². The normalized spacial score (nSPS) is 26.6. The van der Waals surface area contributed by atoms with Crippen LogP contribution in [0.4, 0.5) is 4.79 Å². The fraction of sp³-hybridized carbons (Fsp3) is 0.405. The average molecular weight is 614 g/mol. The van der Waals surface area contributed by atoms with Gasteiger partial charge in [0.15, 0.2) is 0 Å². The number of H-pyrrole nitrogens is 2. The SMILES string of the molecule is CCC(=O)N1C2CCC(C2)C1c1nc2ccc(-c3ccc(-c4ccc5nc(C6C7CCC(C7)N6C(=O)NC)[nH]c5c4)cc3)cc2[nH]1. The number of fused-ring (bicyclic) bond motifs is 6. The highest BCUT2D eigenvalue weighted by Gasteiger charge is 2.50. The minimum absolute atomic E-state index is 0.00294. The monoisotopic (exact) mass is 613 g/mol. The summed E-state index contributed by atoms with van der Waals surface area (Å²) in [6, 6.07) is 22.2. The number of hydrogen-bond donors (Lipinski definition) is 3. The van der Waals surface area contributed by atoms with Gasteiger partial charge in [0, 0.05) is 25.6 Å². The first-order valence-corrected chi connectivity index (χ1v) is 16.9. The summed E-state index contributed by atoms with van der Waals surface area (Å²) in [6.45, 7) is 1.95. The molecule has 6 unspecified atom stereocenters. The molecule has 4 aliphatic rings. The fourth-order valence-electron chi connectivity index (χ4n) is 9.20. The topological polar surface area (TPSA) is 110 Å². The zero-order valence-electron chi connectivity index (χ0n) is 26.3. The Balaban J connectivity index is 0.969. The molecule has 2 saturated heterocycles. The number of piperidine rings is 2. The third-order valence-electron chi connectivity index (χ3n) is 11.3. The summed E-state index contributed by atoms with van der Waals surface area (Å²) < 4.78 is 0. The molecule has 5 aromatic rings. The maximum absolute atomic E-state index is 12.8. The molecule has 2 aliphatic carbocycles. The predicted molar refractivity (Wildman–Crippen MR) is 178 cm³/mol. The largest absolute Gasteiger partial charge is 0.341 e. The van der Waals surface area contributed by atoms with Crippen LogP contribution in [0, 0.1) is 11.8 Å². The Morgan fingerprint density at radius 1 is 0.717 bits per heavy atom. The molecule has 9 nitrogen and oxygen atoms in total. The number of benzene rings is 3. The molecule has 2 aromatic heterocycles. The van der Waals surface area contributed by atoms with Crippen LogP contribution in [0.5, 0.6) is 0 Å². The summed E-state index contributed by atoms with van der Waals surface area (Å²) >= 11 is 0. The van der Waals surface area contributed by atoms with Gasteiger partial charge in [-0.2, -0.15) is 0 Å². The number of carbonyl (C=O) groups is 2. The van der Waals surface area contributed by atoms with Crippen LogP contribution in [0.25, 0.3) is 44.3 Å². The number of nitrogens with zero attached hydrogens (tertiary/aromatic N) is 4. The molecule has 9 rings (SSSR count).